The largest absolute Gasteiger partial charge is 0.389 e. The first-order valence-corrected chi connectivity index (χ1v) is 6.51. The maximum Gasteiger partial charge on any atom is 0.0743 e. The lowest BCUT2D eigenvalue weighted by atomic mass is 9.85. The normalized spacial score (nSPS) is 31.2. The van der Waals surface area contributed by atoms with Crippen LogP contribution >= 0.6 is 0 Å². The van der Waals surface area contributed by atoms with E-state index in [1.807, 2.05) is 6.92 Å². The van der Waals surface area contributed by atoms with Crippen LogP contribution in [0.4, 0.5) is 0 Å². The first-order chi connectivity index (χ1) is 7.05. The molecule has 15 heavy (non-hydrogen) atoms. The molecule has 0 bridgehead atoms. The fourth-order valence-electron chi connectivity index (χ4n) is 2.60. The van der Waals surface area contributed by atoms with E-state index >= 15 is 0 Å². The van der Waals surface area contributed by atoms with Crippen LogP contribution in [0.5, 0.6) is 0 Å². The van der Waals surface area contributed by atoms with E-state index in [1.165, 1.54) is 25.7 Å². The molecule has 0 spiro atoms. The molecular weight excluding hydrogens is 186 g/mol. The Kier molecular flexibility index (Phi) is 5.07. The van der Waals surface area contributed by atoms with Crippen LogP contribution in [0.1, 0.15) is 59.3 Å². The quantitative estimate of drug-likeness (QED) is 0.736. The molecule has 3 atom stereocenters. The van der Waals surface area contributed by atoms with Gasteiger partial charge in [0.25, 0.3) is 0 Å². The van der Waals surface area contributed by atoms with Crippen molar-refractivity contribution in [1.82, 2.24) is 5.32 Å². The van der Waals surface area contributed by atoms with Gasteiger partial charge in [0.05, 0.1) is 5.60 Å². The molecule has 1 fully saturated rings. The second-order valence-electron chi connectivity index (χ2n) is 5.50. The second kappa shape index (κ2) is 5.86. The van der Waals surface area contributed by atoms with Crippen LogP contribution in [-0.4, -0.2) is 23.3 Å². The first-order valence-electron chi connectivity index (χ1n) is 6.51. The van der Waals surface area contributed by atoms with Gasteiger partial charge in [0.15, 0.2) is 0 Å². The summed E-state index contributed by atoms with van der Waals surface area (Å²) < 4.78 is 0. The standard InChI is InChI=1S/C13H27NO/c1-4-9-13(3,15)10-14-12-8-6-5-7-11(12)2/h11-12,14-15H,4-10H2,1-3H3. The van der Waals surface area contributed by atoms with E-state index in [4.69, 9.17) is 0 Å². The van der Waals surface area contributed by atoms with Gasteiger partial charge in [0.1, 0.15) is 0 Å². The summed E-state index contributed by atoms with van der Waals surface area (Å²) in [5.41, 5.74) is -0.522. The second-order valence-corrected chi connectivity index (χ2v) is 5.50. The molecule has 2 N–H and O–H groups in total. The molecule has 0 radical (unpaired) electrons. The lowest BCUT2D eigenvalue weighted by Gasteiger charge is -2.33. The van der Waals surface area contributed by atoms with Crippen LogP contribution in [0.2, 0.25) is 0 Å². The minimum atomic E-state index is -0.522. The third-order valence-corrected chi connectivity index (χ3v) is 3.65. The summed E-state index contributed by atoms with van der Waals surface area (Å²) in [4.78, 5) is 0. The molecule has 1 rings (SSSR count). The fraction of sp³-hybridized carbons (Fsp3) is 1.00. The number of aliphatic hydroxyl groups is 1. The van der Waals surface area contributed by atoms with Crippen molar-refractivity contribution >= 4 is 0 Å². The maximum absolute atomic E-state index is 10.1. The van der Waals surface area contributed by atoms with Crippen molar-refractivity contribution < 1.29 is 5.11 Å². The first kappa shape index (κ1) is 13.0. The van der Waals surface area contributed by atoms with Gasteiger partial charge in [-0.15, -0.1) is 0 Å². The average Bonchev–Trinajstić information content (AvgIpc) is 2.16. The van der Waals surface area contributed by atoms with Crippen LogP contribution in [0.25, 0.3) is 0 Å². The molecule has 1 aliphatic rings. The molecule has 1 saturated carbocycles. The Bertz CT molecular complexity index is 179. The summed E-state index contributed by atoms with van der Waals surface area (Å²) in [5, 5.41) is 13.6. The van der Waals surface area contributed by atoms with E-state index in [9.17, 15) is 5.11 Å². The Hall–Kier alpha value is -0.0800. The lowest BCUT2D eigenvalue weighted by molar-refractivity contribution is 0.0432. The zero-order valence-corrected chi connectivity index (χ0v) is 10.6. The summed E-state index contributed by atoms with van der Waals surface area (Å²) in [6.45, 7) is 7.13. The molecule has 0 aliphatic heterocycles. The van der Waals surface area contributed by atoms with Gasteiger partial charge >= 0.3 is 0 Å². The minimum Gasteiger partial charge on any atom is -0.389 e. The molecule has 0 amide bonds. The van der Waals surface area contributed by atoms with Gasteiger partial charge in [-0.1, -0.05) is 33.1 Å². The molecule has 0 aromatic rings. The maximum atomic E-state index is 10.1. The molecule has 0 aromatic carbocycles. The van der Waals surface area contributed by atoms with Crippen LogP contribution < -0.4 is 5.32 Å². The van der Waals surface area contributed by atoms with Crippen LogP contribution in [0, 0.1) is 5.92 Å². The number of rotatable bonds is 5. The molecule has 0 saturated heterocycles. The van der Waals surface area contributed by atoms with Gasteiger partial charge in [-0.05, 0) is 32.1 Å². The smallest absolute Gasteiger partial charge is 0.0743 e. The Balaban J connectivity index is 2.28. The molecule has 2 nitrogen and oxygen atoms in total. The number of nitrogens with one attached hydrogen (secondary N) is 1. The zero-order chi connectivity index (χ0) is 11.3. The highest BCUT2D eigenvalue weighted by Gasteiger charge is 2.24. The minimum absolute atomic E-state index is 0.522. The molecule has 2 heteroatoms. The van der Waals surface area contributed by atoms with Gasteiger partial charge in [-0.25, -0.2) is 0 Å². The predicted molar refractivity (Wildman–Crippen MR) is 65.0 cm³/mol. The van der Waals surface area contributed by atoms with E-state index in [2.05, 4.69) is 19.2 Å². The van der Waals surface area contributed by atoms with E-state index in [0.717, 1.165) is 25.3 Å². The summed E-state index contributed by atoms with van der Waals surface area (Å²) >= 11 is 0. The van der Waals surface area contributed by atoms with Crippen LogP contribution in [0.3, 0.4) is 0 Å². The van der Waals surface area contributed by atoms with Gasteiger partial charge < -0.3 is 10.4 Å². The lowest BCUT2D eigenvalue weighted by Crippen LogP contribution is -2.45. The van der Waals surface area contributed by atoms with Crippen molar-refractivity contribution in [1.29, 1.82) is 0 Å². The van der Waals surface area contributed by atoms with Crippen molar-refractivity contribution in [2.75, 3.05) is 6.54 Å². The third-order valence-electron chi connectivity index (χ3n) is 3.65. The number of hydrogen-bond acceptors (Lipinski definition) is 2. The molecule has 0 heterocycles. The number of hydrogen-bond donors (Lipinski definition) is 2. The highest BCUT2D eigenvalue weighted by Crippen LogP contribution is 2.24. The zero-order valence-electron chi connectivity index (χ0n) is 10.6. The molecular formula is C13H27NO. The van der Waals surface area contributed by atoms with Gasteiger partial charge in [-0.2, -0.15) is 0 Å². The highest BCUT2D eigenvalue weighted by molar-refractivity contribution is 4.82. The topological polar surface area (TPSA) is 32.3 Å². The van der Waals surface area contributed by atoms with Crippen LogP contribution in [0.15, 0.2) is 0 Å². The van der Waals surface area contributed by atoms with Crippen molar-refractivity contribution in [3.8, 4) is 0 Å². The third kappa shape index (κ3) is 4.52. The molecule has 1 aliphatic carbocycles. The molecule has 0 aromatic heterocycles. The van der Waals surface area contributed by atoms with E-state index < -0.39 is 5.60 Å². The van der Waals surface area contributed by atoms with E-state index in [1.54, 1.807) is 0 Å². The molecule has 90 valence electrons. The Morgan fingerprint density at radius 1 is 1.33 bits per heavy atom. The Morgan fingerprint density at radius 3 is 2.60 bits per heavy atom. The van der Waals surface area contributed by atoms with Crippen molar-refractivity contribution in [2.24, 2.45) is 5.92 Å². The summed E-state index contributed by atoms with van der Waals surface area (Å²) in [6.07, 6.45) is 7.29. The summed E-state index contributed by atoms with van der Waals surface area (Å²) in [7, 11) is 0. The van der Waals surface area contributed by atoms with Crippen molar-refractivity contribution in [2.45, 2.75) is 70.9 Å². The monoisotopic (exact) mass is 213 g/mol. The Morgan fingerprint density at radius 2 is 2.00 bits per heavy atom. The summed E-state index contributed by atoms with van der Waals surface area (Å²) in [6, 6.07) is 0.627. The van der Waals surface area contributed by atoms with E-state index in [0.29, 0.717) is 6.04 Å². The van der Waals surface area contributed by atoms with Crippen molar-refractivity contribution in [3.05, 3.63) is 0 Å². The van der Waals surface area contributed by atoms with Gasteiger partial charge in [-0.3, -0.25) is 0 Å². The van der Waals surface area contributed by atoms with Crippen molar-refractivity contribution in [3.63, 3.8) is 0 Å². The van der Waals surface area contributed by atoms with Gasteiger partial charge in [0.2, 0.25) is 0 Å². The summed E-state index contributed by atoms with van der Waals surface area (Å²) in [5.74, 6) is 0.774. The highest BCUT2D eigenvalue weighted by atomic mass is 16.3. The van der Waals surface area contributed by atoms with Crippen LogP contribution in [-0.2, 0) is 0 Å². The predicted octanol–water partition coefficient (Wildman–Crippen LogP) is 2.71. The SMILES string of the molecule is CCCC(C)(O)CNC1CCCCC1C. The Labute approximate surface area is 94.5 Å². The fourth-order valence-corrected chi connectivity index (χ4v) is 2.60. The average molecular weight is 213 g/mol. The van der Waals surface area contributed by atoms with E-state index in [-0.39, 0.29) is 0 Å². The molecule has 3 unspecified atom stereocenters. The van der Waals surface area contributed by atoms with Gasteiger partial charge in [0, 0.05) is 12.6 Å².